The van der Waals surface area contributed by atoms with Gasteiger partial charge < -0.3 is 9.80 Å². The fraction of sp³-hybridized carbons (Fsp3) is 0. The van der Waals surface area contributed by atoms with Crippen LogP contribution in [0, 0.1) is 0 Å². The fourth-order valence-electron chi connectivity index (χ4n) is 6.14. The fourth-order valence-corrected chi connectivity index (χ4v) is 6.14. The molecule has 0 radical (unpaired) electrons. The molecular formula is C44H32N4. The van der Waals surface area contributed by atoms with Crippen molar-refractivity contribution >= 4 is 45.2 Å². The molecule has 8 rings (SSSR count). The number of hydrogen-bond acceptors (Lipinski definition) is 4. The highest BCUT2D eigenvalue weighted by atomic mass is 15.1. The molecule has 0 saturated heterocycles. The summed E-state index contributed by atoms with van der Waals surface area (Å²) in [6.45, 7) is 0. The van der Waals surface area contributed by atoms with Crippen LogP contribution in [0.1, 0.15) is 0 Å². The van der Waals surface area contributed by atoms with E-state index in [4.69, 9.17) is 9.97 Å². The van der Waals surface area contributed by atoms with Crippen molar-refractivity contribution in [3.63, 3.8) is 0 Å². The Bertz CT molecular complexity index is 2010. The van der Waals surface area contributed by atoms with Crippen molar-refractivity contribution in [3.05, 3.63) is 194 Å². The Morgan fingerprint density at radius 1 is 0.250 bits per heavy atom. The summed E-state index contributed by atoms with van der Waals surface area (Å²) >= 11 is 0. The summed E-state index contributed by atoms with van der Waals surface area (Å²) in [5.41, 5.74) is 12.0. The summed E-state index contributed by atoms with van der Waals surface area (Å²) in [6, 6.07) is 67.1. The number of benzene rings is 7. The first-order chi connectivity index (χ1) is 23.8. The van der Waals surface area contributed by atoms with E-state index in [1.165, 1.54) is 0 Å². The Hall–Kier alpha value is -6.52. The zero-order valence-corrected chi connectivity index (χ0v) is 26.3. The van der Waals surface area contributed by atoms with E-state index >= 15 is 0 Å². The molecule has 0 aliphatic carbocycles. The van der Waals surface area contributed by atoms with Gasteiger partial charge in [-0.2, -0.15) is 0 Å². The summed E-state index contributed by atoms with van der Waals surface area (Å²) in [5.74, 6) is 0. The van der Waals surface area contributed by atoms with E-state index in [-0.39, 0.29) is 0 Å². The van der Waals surface area contributed by atoms with Crippen LogP contribution in [0.3, 0.4) is 0 Å². The maximum Gasteiger partial charge on any atom is 0.0973 e. The average Bonchev–Trinajstić information content (AvgIpc) is 3.17. The van der Waals surface area contributed by atoms with Crippen LogP contribution in [-0.4, -0.2) is 9.97 Å². The van der Waals surface area contributed by atoms with E-state index in [1.54, 1.807) is 0 Å². The summed E-state index contributed by atoms with van der Waals surface area (Å²) in [5, 5.41) is 0. The zero-order valence-electron chi connectivity index (χ0n) is 26.3. The summed E-state index contributed by atoms with van der Waals surface area (Å²) in [4.78, 5) is 14.9. The Kier molecular flexibility index (Phi) is 7.87. The largest absolute Gasteiger partial charge is 0.311 e. The number of hydrogen-bond donors (Lipinski definition) is 0. The number of para-hydroxylation sites is 6. The van der Waals surface area contributed by atoms with Gasteiger partial charge in [0.15, 0.2) is 0 Å². The quantitative estimate of drug-likeness (QED) is 0.170. The number of fused-ring (bicyclic) bond motifs is 1. The molecule has 0 unspecified atom stereocenters. The summed E-state index contributed by atoms with van der Waals surface area (Å²) in [6.07, 6.45) is 0. The zero-order chi connectivity index (χ0) is 32.1. The molecule has 0 N–H and O–H groups in total. The van der Waals surface area contributed by atoms with E-state index in [0.29, 0.717) is 0 Å². The molecule has 0 saturated carbocycles. The Balaban J connectivity index is 1.20. The van der Waals surface area contributed by atoms with Gasteiger partial charge in [0, 0.05) is 45.3 Å². The van der Waals surface area contributed by atoms with E-state index in [2.05, 4.69) is 155 Å². The summed E-state index contributed by atoms with van der Waals surface area (Å²) in [7, 11) is 0. The molecule has 0 aliphatic rings. The Labute approximate surface area is 280 Å². The van der Waals surface area contributed by atoms with Gasteiger partial charge >= 0.3 is 0 Å². The van der Waals surface area contributed by atoms with Crippen LogP contribution >= 0.6 is 0 Å². The van der Waals surface area contributed by atoms with Crippen molar-refractivity contribution in [1.29, 1.82) is 0 Å². The maximum atomic E-state index is 5.18. The number of aromatic nitrogens is 2. The lowest BCUT2D eigenvalue weighted by Gasteiger charge is -2.26. The third-order valence-electron chi connectivity index (χ3n) is 8.43. The minimum Gasteiger partial charge on any atom is -0.311 e. The first-order valence-electron chi connectivity index (χ1n) is 16.1. The van der Waals surface area contributed by atoms with Gasteiger partial charge in [0.25, 0.3) is 0 Å². The van der Waals surface area contributed by atoms with Gasteiger partial charge in [-0.25, -0.2) is 9.97 Å². The normalized spacial score (nSPS) is 10.9. The number of rotatable bonds is 8. The third-order valence-corrected chi connectivity index (χ3v) is 8.43. The molecule has 0 fully saturated rings. The lowest BCUT2D eigenvalue weighted by Crippen LogP contribution is -2.09. The third kappa shape index (κ3) is 5.79. The van der Waals surface area contributed by atoms with Gasteiger partial charge in [-0.3, -0.25) is 0 Å². The first-order valence-corrected chi connectivity index (χ1v) is 16.1. The summed E-state index contributed by atoms with van der Waals surface area (Å²) < 4.78 is 0. The lowest BCUT2D eigenvalue weighted by atomic mass is 10.0. The van der Waals surface area contributed by atoms with Gasteiger partial charge in [-0.05, 0) is 84.9 Å². The molecule has 0 atom stereocenters. The lowest BCUT2D eigenvalue weighted by molar-refractivity contribution is 1.26. The molecule has 1 aromatic heterocycles. The number of anilines is 6. The number of nitrogens with zero attached hydrogens (tertiary/aromatic N) is 4. The molecule has 228 valence electrons. The van der Waals surface area contributed by atoms with Crippen LogP contribution in [0.15, 0.2) is 194 Å². The van der Waals surface area contributed by atoms with Crippen molar-refractivity contribution in [2.75, 3.05) is 9.80 Å². The standard InChI is InChI=1S/C44H32N4/c1-5-15-35(16-6-1)47(36-17-7-2-8-18-36)39-29-25-33(26-30-39)43-44(46-42-24-14-13-23-41(42)45-43)34-27-31-40(32-28-34)48(37-19-9-3-10-20-37)38-21-11-4-12-22-38/h1-32H. The Morgan fingerprint density at radius 3 is 0.792 bits per heavy atom. The van der Waals surface area contributed by atoms with Crippen molar-refractivity contribution in [2.45, 2.75) is 0 Å². The molecule has 0 bridgehead atoms. The predicted molar refractivity (Wildman–Crippen MR) is 200 cm³/mol. The van der Waals surface area contributed by atoms with E-state index in [1.807, 2.05) is 48.5 Å². The predicted octanol–water partition coefficient (Wildman–Crippen LogP) is 11.9. The van der Waals surface area contributed by atoms with E-state index in [9.17, 15) is 0 Å². The van der Waals surface area contributed by atoms with E-state index in [0.717, 1.165) is 67.7 Å². The van der Waals surface area contributed by atoms with Crippen LogP contribution in [0.25, 0.3) is 33.5 Å². The molecule has 4 heteroatoms. The highest BCUT2D eigenvalue weighted by Crippen LogP contribution is 2.39. The molecule has 8 aromatic rings. The molecule has 1 heterocycles. The first kappa shape index (κ1) is 28.9. The van der Waals surface area contributed by atoms with Crippen molar-refractivity contribution in [1.82, 2.24) is 9.97 Å². The van der Waals surface area contributed by atoms with E-state index < -0.39 is 0 Å². The molecule has 0 aliphatic heterocycles. The minimum absolute atomic E-state index is 0.849. The second-order valence-corrected chi connectivity index (χ2v) is 11.5. The second kappa shape index (κ2) is 13.1. The maximum absolute atomic E-state index is 5.18. The molecular weight excluding hydrogens is 585 g/mol. The molecule has 48 heavy (non-hydrogen) atoms. The topological polar surface area (TPSA) is 32.3 Å². The minimum atomic E-state index is 0.849. The highest BCUT2D eigenvalue weighted by molar-refractivity contribution is 5.88. The van der Waals surface area contributed by atoms with Crippen LogP contribution < -0.4 is 9.80 Å². The highest BCUT2D eigenvalue weighted by Gasteiger charge is 2.17. The van der Waals surface area contributed by atoms with Gasteiger partial charge in [-0.15, -0.1) is 0 Å². The molecule has 0 amide bonds. The van der Waals surface area contributed by atoms with Crippen LogP contribution in [0.5, 0.6) is 0 Å². The van der Waals surface area contributed by atoms with Crippen LogP contribution in [0.4, 0.5) is 34.1 Å². The van der Waals surface area contributed by atoms with Crippen molar-refractivity contribution in [2.24, 2.45) is 0 Å². The van der Waals surface area contributed by atoms with Gasteiger partial charge in [0.1, 0.15) is 0 Å². The van der Waals surface area contributed by atoms with Gasteiger partial charge in [0.2, 0.25) is 0 Å². The molecule has 4 nitrogen and oxygen atoms in total. The molecule has 0 spiro atoms. The molecule has 7 aromatic carbocycles. The smallest absolute Gasteiger partial charge is 0.0973 e. The van der Waals surface area contributed by atoms with Gasteiger partial charge in [0.05, 0.1) is 22.4 Å². The van der Waals surface area contributed by atoms with Crippen molar-refractivity contribution < 1.29 is 0 Å². The van der Waals surface area contributed by atoms with Gasteiger partial charge in [-0.1, -0.05) is 109 Å². The van der Waals surface area contributed by atoms with Crippen molar-refractivity contribution in [3.8, 4) is 22.5 Å². The Morgan fingerprint density at radius 2 is 0.500 bits per heavy atom. The average molecular weight is 617 g/mol. The second-order valence-electron chi connectivity index (χ2n) is 11.5. The SMILES string of the molecule is c1ccc(N(c2ccccc2)c2ccc(-c3nc4ccccc4nc3-c3ccc(N(c4ccccc4)c4ccccc4)cc3)cc2)cc1. The van der Waals surface area contributed by atoms with Crippen LogP contribution in [0.2, 0.25) is 0 Å². The van der Waals surface area contributed by atoms with Crippen LogP contribution in [-0.2, 0) is 0 Å². The monoisotopic (exact) mass is 616 g/mol.